The predicted molar refractivity (Wildman–Crippen MR) is 149 cm³/mol. The largest absolute Gasteiger partial charge is 0.401 e. The highest BCUT2D eigenvalue weighted by Gasteiger charge is 2.54. The summed E-state index contributed by atoms with van der Waals surface area (Å²) in [5.74, 6) is -3.97. The number of carbonyl (C=O) groups excluding carboxylic acids is 1. The number of nitriles is 1. The molecule has 3 heterocycles. The van der Waals surface area contributed by atoms with Gasteiger partial charge in [0.2, 0.25) is 0 Å². The van der Waals surface area contributed by atoms with Crippen molar-refractivity contribution in [2.45, 2.75) is 31.2 Å². The number of benzene rings is 2. The Morgan fingerprint density at radius 2 is 1.64 bits per heavy atom. The lowest BCUT2D eigenvalue weighted by atomic mass is 9.81. The van der Waals surface area contributed by atoms with Crippen LogP contribution < -0.4 is 16.0 Å². The Morgan fingerprint density at radius 1 is 1.05 bits per heavy atom. The van der Waals surface area contributed by atoms with Gasteiger partial charge < -0.3 is 21.1 Å². The number of hydrogen-bond donors (Lipinski definition) is 3. The first kappa shape index (κ1) is 28.8. The Kier molecular flexibility index (Phi) is 8.22. The van der Waals surface area contributed by atoms with E-state index in [2.05, 4.69) is 20.3 Å². The van der Waals surface area contributed by atoms with E-state index in [1.54, 1.807) is 48.5 Å². The molecular weight excluding hydrogens is 547 g/mol. The SMILES string of the molecule is N#Cc1cnc(N2CCC(C(N)=C3C(=NC(c4ccccc4)c4ccccc4)NC(=O)[C@H](O)[C@@H]3C(F)(F)F)CC2)cn1. The first-order valence-electron chi connectivity index (χ1n) is 13.4. The molecule has 0 radical (unpaired) electrons. The Bertz CT molecular complexity index is 1470. The lowest BCUT2D eigenvalue weighted by Crippen LogP contribution is -2.56. The number of aliphatic hydroxyl groups excluding tert-OH is 1. The highest BCUT2D eigenvalue weighted by molar-refractivity contribution is 6.13. The molecule has 2 fully saturated rings. The van der Waals surface area contributed by atoms with Gasteiger partial charge in [-0.15, -0.1) is 0 Å². The van der Waals surface area contributed by atoms with Crippen LogP contribution in [-0.4, -0.2) is 52.2 Å². The number of nitrogens with one attached hydrogen (secondary N) is 1. The fraction of sp³-hybridized carbons (Fsp3) is 0.300. The number of nitrogens with zero attached hydrogens (tertiary/aromatic N) is 5. The molecule has 0 aliphatic carbocycles. The highest BCUT2D eigenvalue weighted by atomic mass is 19.4. The van der Waals surface area contributed by atoms with E-state index < -0.39 is 41.6 Å². The van der Waals surface area contributed by atoms with Crippen LogP contribution in [0.5, 0.6) is 0 Å². The van der Waals surface area contributed by atoms with Crippen molar-refractivity contribution in [1.82, 2.24) is 15.3 Å². The molecule has 42 heavy (non-hydrogen) atoms. The monoisotopic (exact) mass is 575 g/mol. The molecule has 2 saturated heterocycles. The zero-order chi connectivity index (χ0) is 29.9. The number of amidine groups is 1. The number of rotatable bonds is 5. The normalized spacial score (nSPS) is 22.1. The number of allylic oxidation sites excluding steroid dienone is 1. The first-order valence-corrected chi connectivity index (χ1v) is 13.4. The van der Waals surface area contributed by atoms with Gasteiger partial charge in [-0.25, -0.2) is 9.97 Å². The minimum Gasteiger partial charge on any atom is -0.401 e. The maximum Gasteiger partial charge on any atom is 0.398 e. The van der Waals surface area contributed by atoms with Crippen molar-refractivity contribution in [2.75, 3.05) is 18.0 Å². The van der Waals surface area contributed by atoms with Crippen LogP contribution in [0.3, 0.4) is 0 Å². The van der Waals surface area contributed by atoms with Crippen molar-refractivity contribution in [3.8, 4) is 6.07 Å². The van der Waals surface area contributed by atoms with Crippen molar-refractivity contribution in [2.24, 2.45) is 22.6 Å². The van der Waals surface area contributed by atoms with Crippen molar-refractivity contribution in [1.29, 1.82) is 5.26 Å². The van der Waals surface area contributed by atoms with E-state index in [0.29, 0.717) is 42.9 Å². The summed E-state index contributed by atoms with van der Waals surface area (Å²) in [7, 11) is 0. The number of piperidine rings is 2. The van der Waals surface area contributed by atoms with Gasteiger partial charge >= 0.3 is 6.18 Å². The molecule has 0 saturated carbocycles. The number of aliphatic hydroxyl groups is 1. The summed E-state index contributed by atoms with van der Waals surface area (Å²) in [6.07, 6.45) is -3.73. The molecule has 2 aliphatic heterocycles. The minimum absolute atomic E-state index is 0.0689. The van der Waals surface area contributed by atoms with Crippen LogP contribution in [0.2, 0.25) is 0 Å². The fourth-order valence-corrected chi connectivity index (χ4v) is 5.40. The number of aromatic nitrogens is 2. The summed E-state index contributed by atoms with van der Waals surface area (Å²) >= 11 is 0. The fourth-order valence-electron chi connectivity index (χ4n) is 5.40. The third kappa shape index (κ3) is 5.96. The van der Waals surface area contributed by atoms with E-state index in [1.165, 1.54) is 12.4 Å². The van der Waals surface area contributed by atoms with Gasteiger partial charge in [-0.1, -0.05) is 60.7 Å². The number of nitrogens with two attached hydrogens (primary N) is 1. The Morgan fingerprint density at radius 3 is 2.14 bits per heavy atom. The second-order valence-electron chi connectivity index (χ2n) is 10.2. The summed E-state index contributed by atoms with van der Waals surface area (Å²) in [4.78, 5) is 27.5. The van der Waals surface area contributed by atoms with E-state index in [9.17, 15) is 23.1 Å². The van der Waals surface area contributed by atoms with Crippen molar-refractivity contribution in [3.05, 3.63) is 101 Å². The van der Waals surface area contributed by atoms with Gasteiger partial charge in [0.25, 0.3) is 5.91 Å². The van der Waals surface area contributed by atoms with Gasteiger partial charge in [-0.05, 0) is 24.0 Å². The Labute approximate surface area is 240 Å². The Hall–Kier alpha value is -4.76. The minimum atomic E-state index is -4.97. The zero-order valence-electron chi connectivity index (χ0n) is 22.4. The average Bonchev–Trinajstić information content (AvgIpc) is 3.01. The number of hydrogen-bond acceptors (Lipinski definition) is 8. The third-order valence-electron chi connectivity index (χ3n) is 7.56. The van der Waals surface area contributed by atoms with Crippen LogP contribution in [-0.2, 0) is 4.79 Å². The topological polar surface area (TPSA) is 141 Å². The van der Waals surface area contributed by atoms with E-state index in [0.717, 1.165) is 0 Å². The molecule has 9 nitrogen and oxygen atoms in total. The highest BCUT2D eigenvalue weighted by Crippen LogP contribution is 2.41. The summed E-state index contributed by atoms with van der Waals surface area (Å²) in [5, 5.41) is 21.9. The molecule has 12 heteroatoms. The van der Waals surface area contributed by atoms with Gasteiger partial charge in [0.15, 0.2) is 5.69 Å². The molecule has 1 aromatic heterocycles. The van der Waals surface area contributed by atoms with Crippen molar-refractivity contribution in [3.63, 3.8) is 0 Å². The summed E-state index contributed by atoms with van der Waals surface area (Å²) in [5.41, 5.74) is 7.64. The molecule has 3 aromatic rings. The van der Waals surface area contributed by atoms with E-state index in [4.69, 9.17) is 11.0 Å². The van der Waals surface area contributed by atoms with E-state index >= 15 is 0 Å². The molecular formula is C30H28F3N7O2. The molecule has 4 N–H and O–H groups in total. The van der Waals surface area contributed by atoms with Gasteiger partial charge in [0.1, 0.15) is 35.8 Å². The summed E-state index contributed by atoms with van der Waals surface area (Å²) < 4.78 is 43.5. The number of amides is 1. The maximum atomic E-state index is 14.5. The molecule has 2 aliphatic rings. The summed E-state index contributed by atoms with van der Waals surface area (Å²) in [6.45, 7) is 0.849. The molecule has 0 bridgehead atoms. The number of anilines is 1. The van der Waals surface area contributed by atoms with Crippen LogP contribution in [0.15, 0.2) is 89.3 Å². The van der Waals surface area contributed by atoms with Crippen LogP contribution in [0.1, 0.15) is 35.7 Å². The third-order valence-corrected chi connectivity index (χ3v) is 7.56. The van der Waals surface area contributed by atoms with Gasteiger partial charge in [0, 0.05) is 30.3 Å². The van der Waals surface area contributed by atoms with Gasteiger partial charge in [0.05, 0.1) is 12.4 Å². The number of halogens is 3. The molecule has 1 amide bonds. The molecule has 2 atom stereocenters. The molecule has 0 spiro atoms. The van der Waals surface area contributed by atoms with Crippen molar-refractivity contribution >= 4 is 17.6 Å². The predicted octanol–water partition coefficient (Wildman–Crippen LogP) is 3.63. The van der Waals surface area contributed by atoms with E-state index in [1.807, 2.05) is 23.1 Å². The lowest BCUT2D eigenvalue weighted by Gasteiger charge is -2.38. The molecule has 0 unspecified atom stereocenters. The number of alkyl halides is 3. The van der Waals surface area contributed by atoms with Crippen LogP contribution in [0, 0.1) is 23.2 Å². The van der Waals surface area contributed by atoms with Gasteiger partial charge in [-0.2, -0.15) is 18.4 Å². The standard InChI is InChI=1S/C30H28F3N7O2/c31-30(32,33)24-23(25(35)18-11-13-40(14-12-18)22-17-36-21(15-34)16-37-22)28(39-29(42)27(24)41)38-26(19-7-3-1-4-8-19)20-9-5-2-6-10-20/h1-10,16-18,24,26-27,41H,11-14,35H2,(H,38,39,42)/t24-,27-/m1/s1. The average molecular weight is 576 g/mol. The number of carbonyl (C=O) groups is 1. The lowest BCUT2D eigenvalue weighted by molar-refractivity contribution is -0.191. The number of aliphatic imine (C=N–C) groups is 1. The van der Waals surface area contributed by atoms with Crippen LogP contribution in [0.4, 0.5) is 19.0 Å². The quantitative estimate of drug-likeness (QED) is 0.422. The van der Waals surface area contributed by atoms with Crippen LogP contribution >= 0.6 is 0 Å². The smallest absolute Gasteiger partial charge is 0.398 e. The first-order chi connectivity index (χ1) is 20.2. The van der Waals surface area contributed by atoms with Gasteiger partial charge in [-0.3, -0.25) is 9.79 Å². The Balaban J connectivity index is 1.55. The maximum absolute atomic E-state index is 14.5. The van der Waals surface area contributed by atoms with E-state index in [-0.39, 0.29) is 17.2 Å². The second-order valence-corrected chi connectivity index (χ2v) is 10.2. The molecule has 216 valence electrons. The molecule has 2 aromatic carbocycles. The second kappa shape index (κ2) is 12.0. The van der Waals surface area contributed by atoms with Crippen LogP contribution in [0.25, 0.3) is 0 Å². The van der Waals surface area contributed by atoms with Crippen molar-refractivity contribution < 1.29 is 23.1 Å². The zero-order valence-corrected chi connectivity index (χ0v) is 22.4. The summed E-state index contributed by atoms with van der Waals surface area (Å²) in [6, 6.07) is 19.2. The molecule has 5 rings (SSSR count).